The minimum Gasteiger partial charge on any atom is -0.348 e. The fourth-order valence-electron chi connectivity index (χ4n) is 2.67. The lowest BCUT2D eigenvalue weighted by Gasteiger charge is -2.17. The fourth-order valence-corrected chi connectivity index (χ4v) is 3.49. The van der Waals surface area contributed by atoms with Crippen molar-refractivity contribution in [3.63, 3.8) is 0 Å². The summed E-state index contributed by atoms with van der Waals surface area (Å²) >= 11 is 1.63. The van der Waals surface area contributed by atoms with Crippen LogP contribution in [0.25, 0.3) is 10.1 Å². The highest BCUT2D eigenvalue weighted by atomic mass is 32.1. The minimum absolute atomic E-state index is 0.0149. The highest BCUT2D eigenvalue weighted by Gasteiger charge is 2.28. The molecule has 0 saturated carbocycles. The normalized spacial score (nSPS) is 17.9. The molecule has 1 N–H and O–H groups in total. The molecule has 1 aliphatic heterocycles. The number of carbonyl (C=O) groups is 2. The standard InChI is InChI=1S/C16H16N2O2S/c1-2-15(19)17-11-6-8-18(10-11)16(20)13-4-3-5-14-12(13)7-9-21-14/h2-5,7,9,11H,1,6,8,10H2,(H,17,19)/t11-/m0/s1. The molecule has 2 heterocycles. The highest BCUT2D eigenvalue weighted by Crippen LogP contribution is 2.26. The lowest BCUT2D eigenvalue weighted by Crippen LogP contribution is -2.37. The Morgan fingerprint density at radius 3 is 3.05 bits per heavy atom. The Morgan fingerprint density at radius 1 is 1.38 bits per heavy atom. The van der Waals surface area contributed by atoms with Gasteiger partial charge in [0.1, 0.15) is 0 Å². The second-order valence-electron chi connectivity index (χ2n) is 5.09. The van der Waals surface area contributed by atoms with Crippen LogP contribution in [-0.2, 0) is 4.79 Å². The third-order valence-corrected chi connectivity index (χ3v) is 4.62. The maximum absolute atomic E-state index is 12.7. The Hall–Kier alpha value is -2.14. The van der Waals surface area contributed by atoms with E-state index in [0.29, 0.717) is 13.1 Å². The first kappa shape index (κ1) is 13.8. The van der Waals surface area contributed by atoms with Crippen LogP contribution in [0.5, 0.6) is 0 Å². The summed E-state index contributed by atoms with van der Waals surface area (Å²) in [5, 5.41) is 5.85. The molecule has 5 heteroatoms. The molecule has 1 saturated heterocycles. The number of nitrogens with zero attached hydrogens (tertiary/aromatic N) is 1. The molecule has 0 aliphatic carbocycles. The number of hydrogen-bond acceptors (Lipinski definition) is 3. The zero-order chi connectivity index (χ0) is 14.8. The Balaban J connectivity index is 1.76. The van der Waals surface area contributed by atoms with Crippen LogP contribution in [0.4, 0.5) is 0 Å². The van der Waals surface area contributed by atoms with E-state index in [1.807, 2.05) is 29.6 Å². The van der Waals surface area contributed by atoms with Crippen molar-refractivity contribution in [1.82, 2.24) is 10.2 Å². The summed E-state index contributed by atoms with van der Waals surface area (Å²) in [7, 11) is 0. The molecule has 1 fully saturated rings. The molecule has 2 aromatic rings. The van der Waals surface area contributed by atoms with Gasteiger partial charge in [0.2, 0.25) is 5.91 Å². The molecule has 2 amide bonds. The van der Waals surface area contributed by atoms with Gasteiger partial charge in [0.15, 0.2) is 0 Å². The van der Waals surface area contributed by atoms with E-state index >= 15 is 0 Å². The van der Waals surface area contributed by atoms with Crippen molar-refractivity contribution < 1.29 is 9.59 Å². The molecular formula is C16H16N2O2S. The molecule has 0 unspecified atom stereocenters. The van der Waals surface area contributed by atoms with Crippen LogP contribution in [0, 0.1) is 0 Å². The van der Waals surface area contributed by atoms with Gasteiger partial charge in [0.25, 0.3) is 5.91 Å². The molecule has 4 nitrogen and oxygen atoms in total. The smallest absolute Gasteiger partial charge is 0.254 e. The van der Waals surface area contributed by atoms with Crippen molar-refractivity contribution in [3.8, 4) is 0 Å². The van der Waals surface area contributed by atoms with E-state index in [2.05, 4.69) is 11.9 Å². The van der Waals surface area contributed by atoms with Gasteiger partial charge in [-0.15, -0.1) is 11.3 Å². The summed E-state index contributed by atoms with van der Waals surface area (Å²) < 4.78 is 1.12. The predicted octanol–water partition coefficient (Wildman–Crippen LogP) is 2.42. The average molecular weight is 300 g/mol. The number of rotatable bonds is 3. The lowest BCUT2D eigenvalue weighted by atomic mass is 10.1. The van der Waals surface area contributed by atoms with Crippen molar-refractivity contribution in [2.75, 3.05) is 13.1 Å². The van der Waals surface area contributed by atoms with Gasteiger partial charge in [0, 0.05) is 34.8 Å². The van der Waals surface area contributed by atoms with E-state index in [0.717, 1.165) is 22.1 Å². The molecule has 1 aromatic heterocycles. The van der Waals surface area contributed by atoms with Crippen molar-refractivity contribution in [2.24, 2.45) is 0 Å². The molecule has 1 aromatic carbocycles. The maximum Gasteiger partial charge on any atom is 0.254 e. The van der Waals surface area contributed by atoms with E-state index in [9.17, 15) is 9.59 Å². The van der Waals surface area contributed by atoms with Crippen LogP contribution < -0.4 is 5.32 Å². The topological polar surface area (TPSA) is 49.4 Å². The number of amides is 2. The molecule has 108 valence electrons. The van der Waals surface area contributed by atoms with E-state index in [-0.39, 0.29) is 17.9 Å². The van der Waals surface area contributed by atoms with Crippen LogP contribution in [0.2, 0.25) is 0 Å². The molecule has 3 rings (SSSR count). The van der Waals surface area contributed by atoms with Crippen molar-refractivity contribution in [3.05, 3.63) is 47.9 Å². The lowest BCUT2D eigenvalue weighted by molar-refractivity contribution is -0.117. The summed E-state index contributed by atoms with van der Waals surface area (Å²) in [6, 6.07) is 7.81. The minimum atomic E-state index is -0.186. The van der Waals surface area contributed by atoms with Crippen LogP contribution in [0.1, 0.15) is 16.8 Å². The van der Waals surface area contributed by atoms with Crippen LogP contribution in [0.15, 0.2) is 42.3 Å². The first-order chi connectivity index (χ1) is 10.2. The third kappa shape index (κ3) is 2.69. The Morgan fingerprint density at radius 2 is 2.24 bits per heavy atom. The molecule has 1 atom stereocenters. The molecule has 0 spiro atoms. The summed E-state index contributed by atoms with van der Waals surface area (Å²) in [5.41, 5.74) is 0.740. The fraction of sp³-hybridized carbons (Fsp3) is 0.250. The number of likely N-dealkylation sites (tertiary alicyclic amines) is 1. The van der Waals surface area contributed by atoms with E-state index < -0.39 is 0 Å². The predicted molar refractivity (Wildman–Crippen MR) is 84.5 cm³/mol. The highest BCUT2D eigenvalue weighted by molar-refractivity contribution is 7.17. The quantitative estimate of drug-likeness (QED) is 0.885. The average Bonchev–Trinajstić information content (AvgIpc) is 3.14. The van der Waals surface area contributed by atoms with Gasteiger partial charge < -0.3 is 10.2 Å². The molecule has 0 bridgehead atoms. The largest absolute Gasteiger partial charge is 0.348 e. The molecule has 1 aliphatic rings. The third-order valence-electron chi connectivity index (χ3n) is 3.73. The Bertz CT molecular complexity index is 707. The number of thiophene rings is 1. The van der Waals surface area contributed by atoms with Gasteiger partial charge in [-0.3, -0.25) is 9.59 Å². The van der Waals surface area contributed by atoms with Crippen LogP contribution >= 0.6 is 11.3 Å². The van der Waals surface area contributed by atoms with E-state index in [4.69, 9.17) is 0 Å². The monoisotopic (exact) mass is 300 g/mol. The van der Waals surface area contributed by atoms with Gasteiger partial charge in [0.05, 0.1) is 0 Å². The number of hydrogen-bond donors (Lipinski definition) is 1. The van der Waals surface area contributed by atoms with Crippen molar-refractivity contribution in [2.45, 2.75) is 12.5 Å². The van der Waals surface area contributed by atoms with Gasteiger partial charge in [-0.2, -0.15) is 0 Å². The van der Waals surface area contributed by atoms with Crippen molar-refractivity contribution >= 4 is 33.2 Å². The molecule has 0 radical (unpaired) electrons. The second-order valence-corrected chi connectivity index (χ2v) is 6.04. The van der Waals surface area contributed by atoms with E-state index in [1.54, 1.807) is 16.2 Å². The zero-order valence-electron chi connectivity index (χ0n) is 11.5. The van der Waals surface area contributed by atoms with Gasteiger partial charge >= 0.3 is 0 Å². The summed E-state index contributed by atoms with van der Waals surface area (Å²) in [6.07, 6.45) is 2.04. The molecular weight excluding hydrogens is 284 g/mol. The van der Waals surface area contributed by atoms with E-state index in [1.165, 1.54) is 6.08 Å². The van der Waals surface area contributed by atoms with Crippen LogP contribution in [-0.4, -0.2) is 35.8 Å². The SMILES string of the molecule is C=CC(=O)N[C@H]1CCN(C(=O)c2cccc3sccc23)C1. The van der Waals surface area contributed by atoms with Gasteiger partial charge in [-0.1, -0.05) is 12.6 Å². The first-order valence-electron chi connectivity index (χ1n) is 6.87. The maximum atomic E-state index is 12.7. The number of carbonyl (C=O) groups excluding carboxylic acids is 2. The van der Waals surface area contributed by atoms with Gasteiger partial charge in [-0.25, -0.2) is 0 Å². The van der Waals surface area contributed by atoms with Crippen LogP contribution in [0.3, 0.4) is 0 Å². The van der Waals surface area contributed by atoms with Crippen molar-refractivity contribution in [1.29, 1.82) is 0 Å². The molecule has 21 heavy (non-hydrogen) atoms. The number of fused-ring (bicyclic) bond motifs is 1. The zero-order valence-corrected chi connectivity index (χ0v) is 12.4. The number of benzene rings is 1. The Labute approximate surface area is 127 Å². The first-order valence-corrected chi connectivity index (χ1v) is 7.75. The summed E-state index contributed by atoms with van der Waals surface area (Å²) in [4.78, 5) is 25.8. The summed E-state index contributed by atoms with van der Waals surface area (Å²) in [5.74, 6) is -0.149. The van der Waals surface area contributed by atoms with Gasteiger partial charge in [-0.05, 0) is 36.1 Å². The number of nitrogens with one attached hydrogen (secondary N) is 1. The second kappa shape index (κ2) is 5.69. The Kier molecular flexibility index (Phi) is 3.75. The summed E-state index contributed by atoms with van der Waals surface area (Å²) in [6.45, 7) is 4.66.